The molecule has 1 aromatic carbocycles. The number of diazo groups is 1. The van der Waals surface area contributed by atoms with Crippen LogP contribution in [0.5, 0.6) is 0 Å². The highest BCUT2D eigenvalue weighted by Gasteiger charge is 2.44. The van der Waals surface area contributed by atoms with Crippen LogP contribution in [-0.4, -0.2) is 38.9 Å². The molecule has 0 saturated heterocycles. The van der Waals surface area contributed by atoms with Crippen LogP contribution in [0.3, 0.4) is 0 Å². The summed E-state index contributed by atoms with van der Waals surface area (Å²) in [5.41, 5.74) is -1.97. The van der Waals surface area contributed by atoms with Crippen LogP contribution in [0, 0.1) is 15.9 Å². The lowest BCUT2D eigenvalue weighted by atomic mass is 10.2. The molecule has 0 unspecified atom stereocenters. The fourth-order valence-electron chi connectivity index (χ4n) is 1.63. The smallest absolute Gasteiger partial charge is 0.282 e. The molecular weight excluding hydrogens is 479 g/mol. The van der Waals surface area contributed by atoms with Crippen molar-refractivity contribution in [3.63, 3.8) is 0 Å². The van der Waals surface area contributed by atoms with Gasteiger partial charge in [0, 0.05) is 3.57 Å². The number of halogens is 1. The van der Waals surface area contributed by atoms with Crippen molar-refractivity contribution in [3.05, 3.63) is 14.1 Å². The van der Waals surface area contributed by atoms with Crippen LogP contribution >= 0.6 is 22.6 Å². The predicted molar refractivity (Wildman–Crippen MR) is 78.1 cm³/mol. The van der Waals surface area contributed by atoms with Crippen molar-refractivity contribution in [1.29, 1.82) is 5.39 Å². The average Bonchev–Trinajstić information content (AvgIpc) is 2.26. The summed E-state index contributed by atoms with van der Waals surface area (Å²) in [5.74, 6) is 0. The van der Waals surface area contributed by atoms with E-state index in [1.807, 2.05) is 0 Å². The summed E-state index contributed by atoms with van der Waals surface area (Å²) < 4.78 is 94.7. The molecule has 0 aliphatic carbocycles. The maximum absolute atomic E-state index is 11.4. The molecule has 0 heterocycles. The number of hydrogen-bond donors (Lipinski definition) is 3. The topological polar surface area (TPSA) is 191 Å². The van der Waals surface area contributed by atoms with E-state index in [0.717, 1.165) is 6.92 Å². The third kappa shape index (κ3) is 3.37. The van der Waals surface area contributed by atoms with Gasteiger partial charge in [0.15, 0.2) is 9.87 Å². The van der Waals surface area contributed by atoms with Crippen LogP contribution in [0.25, 0.3) is 4.98 Å². The predicted octanol–water partition coefficient (Wildman–Crippen LogP) is 0.824. The van der Waals surface area contributed by atoms with Gasteiger partial charge in [-0.2, -0.15) is 25.3 Å². The van der Waals surface area contributed by atoms with Gasteiger partial charge in [0.25, 0.3) is 10.1 Å². The van der Waals surface area contributed by atoms with Gasteiger partial charge < -0.3 is 0 Å². The Morgan fingerprint density at radius 2 is 1.23 bits per heavy atom. The van der Waals surface area contributed by atoms with Gasteiger partial charge in [-0.25, -0.2) is 0 Å². The molecule has 0 fully saturated rings. The molecule has 0 aliphatic rings. The molecule has 15 heteroatoms. The van der Waals surface area contributed by atoms with E-state index in [9.17, 15) is 25.3 Å². The minimum atomic E-state index is -5.45. The number of benzene rings is 1. The summed E-state index contributed by atoms with van der Waals surface area (Å²) in [6, 6.07) is 0. The van der Waals surface area contributed by atoms with E-state index in [1.165, 1.54) is 22.6 Å². The third-order valence-corrected chi connectivity index (χ3v) is 7.08. The fraction of sp³-hybridized carbons (Fsp3) is 0.143. The van der Waals surface area contributed by atoms with Crippen molar-refractivity contribution in [3.8, 4) is 0 Å². The highest BCUT2D eigenvalue weighted by Crippen LogP contribution is 2.42. The summed E-state index contributed by atoms with van der Waals surface area (Å²) >= 11 is 1.18. The van der Waals surface area contributed by atoms with E-state index in [1.54, 1.807) is 0 Å². The van der Waals surface area contributed by atoms with Gasteiger partial charge in [-0.15, -0.1) is 0 Å². The van der Waals surface area contributed by atoms with E-state index in [0.29, 0.717) is 0 Å². The van der Waals surface area contributed by atoms with Crippen molar-refractivity contribution in [2.75, 3.05) is 0 Å². The largest absolute Gasteiger partial charge is 0.428 e. The first-order valence-corrected chi connectivity index (χ1v) is 10.2. The molecule has 0 radical (unpaired) electrons. The number of rotatable bonds is 3. The summed E-state index contributed by atoms with van der Waals surface area (Å²) in [5, 5.41) is 8.83. The molecule has 1 aromatic rings. The average molecular weight is 485 g/mol. The maximum atomic E-state index is 11.4. The normalized spacial score (nSPS) is 12.9. The lowest BCUT2D eigenvalue weighted by Gasteiger charge is -2.10. The monoisotopic (exact) mass is 485 g/mol. The van der Waals surface area contributed by atoms with Gasteiger partial charge in [-0.1, -0.05) is 0 Å². The Kier molecular flexibility index (Phi) is 4.90. The molecule has 0 saturated carbocycles. The van der Waals surface area contributed by atoms with Crippen LogP contribution in [0.2, 0.25) is 0 Å². The van der Waals surface area contributed by atoms with E-state index in [2.05, 4.69) is 4.98 Å². The van der Waals surface area contributed by atoms with Gasteiger partial charge in [0.05, 0.1) is 0 Å². The Bertz CT molecular complexity index is 1020. The molecule has 0 spiro atoms. The third-order valence-electron chi connectivity index (χ3n) is 2.38. The second-order valence-electron chi connectivity index (χ2n) is 3.80. The minimum absolute atomic E-state index is 0.518. The highest BCUT2D eigenvalue weighted by atomic mass is 127. The van der Waals surface area contributed by atoms with E-state index < -0.39 is 59.9 Å². The van der Waals surface area contributed by atoms with Crippen molar-refractivity contribution >= 4 is 58.6 Å². The van der Waals surface area contributed by atoms with Crippen LogP contribution in [0.4, 0.5) is 5.69 Å². The van der Waals surface area contributed by atoms with Gasteiger partial charge in [0.1, 0.15) is 4.90 Å². The lowest BCUT2D eigenvalue weighted by Crippen LogP contribution is -2.15. The first-order chi connectivity index (χ1) is 9.64. The lowest BCUT2D eigenvalue weighted by molar-refractivity contribution is 0.464. The molecular formula is C7H6IN2O9S3+. The van der Waals surface area contributed by atoms with Crippen molar-refractivity contribution < 1.29 is 38.9 Å². The van der Waals surface area contributed by atoms with Crippen LogP contribution in [-0.2, 0) is 30.4 Å². The fourth-order valence-corrected chi connectivity index (χ4v) is 6.38. The molecule has 122 valence electrons. The molecule has 0 aliphatic heterocycles. The Morgan fingerprint density at radius 1 is 0.864 bits per heavy atom. The highest BCUT2D eigenvalue weighted by molar-refractivity contribution is 14.1. The number of nitrogens with zero attached hydrogens (tertiary/aromatic N) is 2. The SMILES string of the molecule is Cc1c(I)c(S(=O)(=O)O)c(S(=O)(=O)O)c([N+]#N)c1S(=O)(=O)O. The van der Waals surface area contributed by atoms with Gasteiger partial charge in [-0.05, 0) is 35.1 Å². The first-order valence-electron chi connectivity index (χ1n) is 4.77. The second kappa shape index (κ2) is 5.63. The molecule has 22 heavy (non-hydrogen) atoms. The van der Waals surface area contributed by atoms with Crippen molar-refractivity contribution in [2.24, 2.45) is 0 Å². The van der Waals surface area contributed by atoms with Gasteiger partial charge in [-0.3, -0.25) is 13.7 Å². The number of hydrogen-bond acceptors (Lipinski definition) is 7. The summed E-state index contributed by atoms with van der Waals surface area (Å²) in [6.07, 6.45) is 0. The van der Waals surface area contributed by atoms with Gasteiger partial charge >= 0.3 is 25.9 Å². The molecule has 1 rings (SSSR count). The first kappa shape index (κ1) is 19.1. The van der Waals surface area contributed by atoms with Crippen LogP contribution in [0.15, 0.2) is 14.7 Å². The quantitative estimate of drug-likeness (QED) is 0.314. The Morgan fingerprint density at radius 3 is 1.50 bits per heavy atom. The molecule has 0 bridgehead atoms. The summed E-state index contributed by atoms with van der Waals surface area (Å²) in [7, 11) is -15.9. The van der Waals surface area contributed by atoms with Crippen molar-refractivity contribution in [2.45, 2.75) is 21.6 Å². The van der Waals surface area contributed by atoms with E-state index in [-0.39, 0.29) is 0 Å². The van der Waals surface area contributed by atoms with Gasteiger partial charge in [0.2, 0.25) is 10.3 Å². The zero-order valence-electron chi connectivity index (χ0n) is 10.3. The maximum Gasteiger partial charge on any atom is 0.428 e. The Balaban J connectivity index is 4.50. The standard InChI is InChI=1S/C7H5IN2O9S3/c1-2-3(8)6(21(14,15)16)7(22(17,18)19)4(10-9)5(2)20(11,12)13/h1H3,(H2-,11,12,13,14,15,16,17,18,19)/p+1. The zero-order valence-corrected chi connectivity index (χ0v) is 14.9. The van der Waals surface area contributed by atoms with E-state index in [4.69, 9.17) is 19.1 Å². The van der Waals surface area contributed by atoms with E-state index >= 15 is 0 Å². The van der Waals surface area contributed by atoms with Crippen LogP contribution < -0.4 is 0 Å². The zero-order chi connectivity index (χ0) is 17.7. The Labute approximate surface area is 138 Å². The molecule has 3 N–H and O–H groups in total. The molecule has 11 nitrogen and oxygen atoms in total. The minimum Gasteiger partial charge on any atom is -0.282 e. The van der Waals surface area contributed by atoms with Crippen LogP contribution in [0.1, 0.15) is 5.56 Å². The molecule has 0 amide bonds. The Hall–Kier alpha value is -0.900. The van der Waals surface area contributed by atoms with Crippen molar-refractivity contribution in [1.82, 2.24) is 0 Å². The summed E-state index contributed by atoms with van der Waals surface area (Å²) in [6.45, 7) is 0.960. The molecule has 0 atom stereocenters. The molecule has 0 aromatic heterocycles. The summed E-state index contributed by atoms with van der Waals surface area (Å²) in [4.78, 5) is -1.98. The second-order valence-corrected chi connectivity index (χ2v) is 8.95.